The van der Waals surface area contributed by atoms with Crippen LogP contribution in [-0.4, -0.2) is 0 Å². The Morgan fingerprint density at radius 2 is 1.47 bits per heavy atom. The summed E-state index contributed by atoms with van der Waals surface area (Å²) in [6.07, 6.45) is 16.9. The second-order valence-electron chi connectivity index (χ2n) is 7.84. The average Bonchev–Trinajstić information content (AvgIpc) is 2.90. The van der Waals surface area contributed by atoms with Gasteiger partial charge in [-0.05, 0) is 67.6 Å². The largest absolute Gasteiger partial charge is 0.0654 e. The first kappa shape index (κ1) is 14.0. The number of fused-ring (bicyclic) bond motifs is 3. The molecule has 0 spiro atoms. The quantitative estimate of drug-likeness (QED) is 0.578. The molecule has 6 atom stereocenters. The fraction of sp³-hybridized carbons (Fsp3) is 1.00. The van der Waals surface area contributed by atoms with Crippen LogP contribution in [0.4, 0.5) is 0 Å². The van der Waals surface area contributed by atoms with Crippen molar-refractivity contribution in [2.75, 3.05) is 0 Å². The molecule has 0 aliphatic heterocycles. The summed E-state index contributed by atoms with van der Waals surface area (Å²) in [4.78, 5) is 0. The monoisotopic (exact) mass is 262 g/mol. The summed E-state index contributed by atoms with van der Waals surface area (Å²) in [5, 5.41) is 0. The van der Waals surface area contributed by atoms with E-state index in [1.807, 2.05) is 0 Å². The molecule has 3 fully saturated rings. The number of rotatable bonds is 4. The number of hydrogen-bond donors (Lipinski definition) is 0. The van der Waals surface area contributed by atoms with Gasteiger partial charge in [-0.1, -0.05) is 52.4 Å². The SMILES string of the molecule is CCCC1CCC2C3CCCC3CCC2C1CCC. The lowest BCUT2D eigenvalue weighted by Gasteiger charge is -2.50. The van der Waals surface area contributed by atoms with E-state index in [1.54, 1.807) is 44.9 Å². The molecule has 0 heteroatoms. The maximum absolute atomic E-state index is 2.41. The van der Waals surface area contributed by atoms with Gasteiger partial charge in [0.05, 0.1) is 0 Å². The molecule has 0 N–H and O–H groups in total. The van der Waals surface area contributed by atoms with Gasteiger partial charge in [-0.25, -0.2) is 0 Å². The van der Waals surface area contributed by atoms with Gasteiger partial charge in [0, 0.05) is 0 Å². The molecular weight excluding hydrogens is 228 g/mol. The second-order valence-corrected chi connectivity index (χ2v) is 7.84. The van der Waals surface area contributed by atoms with Gasteiger partial charge in [0.2, 0.25) is 0 Å². The van der Waals surface area contributed by atoms with Crippen molar-refractivity contribution in [3.8, 4) is 0 Å². The minimum absolute atomic E-state index is 1.09. The lowest BCUT2D eigenvalue weighted by Crippen LogP contribution is -2.42. The number of hydrogen-bond acceptors (Lipinski definition) is 0. The molecule has 0 nitrogen and oxygen atoms in total. The molecule has 110 valence electrons. The summed E-state index contributed by atoms with van der Waals surface area (Å²) in [5.41, 5.74) is 0. The third kappa shape index (κ3) is 2.61. The van der Waals surface area contributed by atoms with Gasteiger partial charge in [-0.2, -0.15) is 0 Å². The first-order valence-corrected chi connectivity index (χ1v) is 9.35. The fourth-order valence-electron chi connectivity index (χ4n) is 6.37. The molecule has 6 unspecified atom stereocenters. The zero-order chi connectivity index (χ0) is 13.2. The van der Waals surface area contributed by atoms with E-state index in [1.165, 1.54) is 25.7 Å². The summed E-state index contributed by atoms with van der Waals surface area (Å²) < 4.78 is 0. The molecule has 3 rings (SSSR count). The van der Waals surface area contributed by atoms with Crippen molar-refractivity contribution in [3.63, 3.8) is 0 Å². The van der Waals surface area contributed by atoms with Gasteiger partial charge in [0.1, 0.15) is 0 Å². The highest BCUT2D eigenvalue weighted by Crippen LogP contribution is 2.56. The maximum atomic E-state index is 2.41. The molecular formula is C19H34. The highest BCUT2D eigenvalue weighted by Gasteiger charge is 2.47. The van der Waals surface area contributed by atoms with E-state index in [0.717, 1.165) is 35.5 Å². The van der Waals surface area contributed by atoms with Crippen LogP contribution < -0.4 is 0 Å². The van der Waals surface area contributed by atoms with E-state index in [2.05, 4.69) is 13.8 Å². The van der Waals surface area contributed by atoms with Crippen LogP contribution in [0, 0.1) is 35.5 Å². The Balaban J connectivity index is 1.73. The molecule has 0 amide bonds. The molecule has 0 bridgehead atoms. The zero-order valence-corrected chi connectivity index (χ0v) is 13.2. The molecule has 3 aliphatic carbocycles. The van der Waals surface area contributed by atoms with Crippen LogP contribution in [0.2, 0.25) is 0 Å². The lowest BCUT2D eigenvalue weighted by molar-refractivity contribution is -0.00757. The van der Waals surface area contributed by atoms with Crippen molar-refractivity contribution in [2.24, 2.45) is 35.5 Å². The molecule has 0 aromatic carbocycles. The van der Waals surface area contributed by atoms with Gasteiger partial charge < -0.3 is 0 Å². The fourth-order valence-corrected chi connectivity index (χ4v) is 6.37. The van der Waals surface area contributed by atoms with Crippen LogP contribution >= 0.6 is 0 Å². The summed E-state index contributed by atoms with van der Waals surface area (Å²) in [7, 11) is 0. The first-order valence-electron chi connectivity index (χ1n) is 9.35. The van der Waals surface area contributed by atoms with Gasteiger partial charge in [0.25, 0.3) is 0 Å². The standard InChI is InChI=1S/C19H34/c1-3-6-14-10-12-19-17-9-5-8-15(17)11-13-18(19)16(14)7-4-2/h14-19H,3-13H2,1-2H3. The Kier molecular flexibility index (Phi) is 4.54. The van der Waals surface area contributed by atoms with Crippen LogP contribution in [0.25, 0.3) is 0 Å². The topological polar surface area (TPSA) is 0 Å². The van der Waals surface area contributed by atoms with Crippen LogP contribution in [0.15, 0.2) is 0 Å². The third-order valence-corrected chi connectivity index (χ3v) is 7.00. The average molecular weight is 262 g/mol. The third-order valence-electron chi connectivity index (χ3n) is 7.00. The molecule has 0 saturated heterocycles. The highest BCUT2D eigenvalue weighted by atomic mass is 14.5. The Morgan fingerprint density at radius 3 is 2.26 bits per heavy atom. The maximum Gasteiger partial charge on any atom is -0.0352 e. The van der Waals surface area contributed by atoms with E-state index < -0.39 is 0 Å². The predicted octanol–water partition coefficient (Wildman–Crippen LogP) is 6.06. The molecule has 3 saturated carbocycles. The Labute approximate surface area is 120 Å². The Morgan fingerprint density at radius 1 is 0.684 bits per heavy atom. The van der Waals surface area contributed by atoms with Crippen molar-refractivity contribution >= 4 is 0 Å². The van der Waals surface area contributed by atoms with Crippen molar-refractivity contribution in [3.05, 3.63) is 0 Å². The summed E-state index contributed by atoms with van der Waals surface area (Å²) in [6, 6.07) is 0. The zero-order valence-electron chi connectivity index (χ0n) is 13.2. The van der Waals surface area contributed by atoms with Gasteiger partial charge in [-0.15, -0.1) is 0 Å². The van der Waals surface area contributed by atoms with E-state index in [9.17, 15) is 0 Å². The molecule has 0 heterocycles. The van der Waals surface area contributed by atoms with Crippen LogP contribution in [0.5, 0.6) is 0 Å². The van der Waals surface area contributed by atoms with E-state index >= 15 is 0 Å². The van der Waals surface area contributed by atoms with E-state index in [-0.39, 0.29) is 0 Å². The smallest absolute Gasteiger partial charge is 0.0352 e. The normalized spacial score (nSPS) is 45.8. The summed E-state index contributed by atoms with van der Waals surface area (Å²) in [6.45, 7) is 4.80. The van der Waals surface area contributed by atoms with Crippen molar-refractivity contribution < 1.29 is 0 Å². The van der Waals surface area contributed by atoms with Crippen molar-refractivity contribution in [2.45, 2.75) is 84.5 Å². The highest BCUT2D eigenvalue weighted by molar-refractivity contribution is 4.97. The van der Waals surface area contributed by atoms with E-state index in [0.29, 0.717) is 0 Å². The predicted molar refractivity (Wildman–Crippen MR) is 83.1 cm³/mol. The van der Waals surface area contributed by atoms with Gasteiger partial charge in [-0.3, -0.25) is 0 Å². The molecule has 19 heavy (non-hydrogen) atoms. The van der Waals surface area contributed by atoms with Gasteiger partial charge >= 0.3 is 0 Å². The lowest BCUT2D eigenvalue weighted by atomic mass is 9.55. The molecule has 0 aromatic rings. The minimum atomic E-state index is 1.09. The Hall–Kier alpha value is 0. The first-order chi connectivity index (χ1) is 9.35. The van der Waals surface area contributed by atoms with Crippen molar-refractivity contribution in [1.29, 1.82) is 0 Å². The second kappa shape index (κ2) is 6.19. The molecule has 0 radical (unpaired) electrons. The van der Waals surface area contributed by atoms with Crippen LogP contribution in [0.3, 0.4) is 0 Å². The molecule has 0 aromatic heterocycles. The van der Waals surface area contributed by atoms with Gasteiger partial charge in [0.15, 0.2) is 0 Å². The van der Waals surface area contributed by atoms with E-state index in [4.69, 9.17) is 0 Å². The van der Waals surface area contributed by atoms with Crippen molar-refractivity contribution in [1.82, 2.24) is 0 Å². The molecule has 3 aliphatic rings. The minimum Gasteiger partial charge on any atom is -0.0654 e. The summed E-state index contributed by atoms with van der Waals surface area (Å²) in [5.74, 6) is 6.76. The summed E-state index contributed by atoms with van der Waals surface area (Å²) >= 11 is 0. The Bertz CT molecular complexity index is 282. The van der Waals surface area contributed by atoms with Crippen LogP contribution in [-0.2, 0) is 0 Å². The van der Waals surface area contributed by atoms with Crippen LogP contribution in [0.1, 0.15) is 84.5 Å².